The lowest BCUT2D eigenvalue weighted by Gasteiger charge is -2.02. The van der Waals surface area contributed by atoms with Crippen LogP contribution in [0.5, 0.6) is 0 Å². The van der Waals surface area contributed by atoms with Crippen LogP contribution >= 0.6 is 0 Å². The van der Waals surface area contributed by atoms with Crippen molar-refractivity contribution in [1.82, 2.24) is 4.98 Å². The summed E-state index contributed by atoms with van der Waals surface area (Å²) in [4.78, 5) is 3.81. The Labute approximate surface area is 81.8 Å². The van der Waals surface area contributed by atoms with Gasteiger partial charge in [-0.05, 0) is 6.92 Å². The molecule has 13 heavy (non-hydrogen) atoms. The molecule has 0 fully saturated rings. The van der Waals surface area contributed by atoms with Gasteiger partial charge in [0.25, 0.3) is 0 Å². The smallest absolute Gasteiger partial charge is 0.132 e. The van der Waals surface area contributed by atoms with E-state index < -0.39 is 0 Å². The van der Waals surface area contributed by atoms with Gasteiger partial charge >= 0.3 is 0 Å². The van der Waals surface area contributed by atoms with Gasteiger partial charge in [-0.15, -0.1) is 0 Å². The van der Waals surface area contributed by atoms with Gasteiger partial charge in [-0.1, -0.05) is 25.4 Å². The van der Waals surface area contributed by atoms with E-state index in [-0.39, 0.29) is 1.43 Å². The van der Waals surface area contributed by atoms with Crippen LogP contribution in [0.1, 0.15) is 27.8 Å². The van der Waals surface area contributed by atoms with Gasteiger partial charge in [-0.2, -0.15) is 0 Å². The molecule has 1 aromatic rings. The Kier molecular flexibility index (Phi) is 4.81. The molecule has 1 heterocycles. The van der Waals surface area contributed by atoms with Crippen molar-refractivity contribution in [3.63, 3.8) is 0 Å². The van der Waals surface area contributed by atoms with Crippen molar-refractivity contribution in [2.24, 2.45) is 0 Å². The molecule has 70 valence electrons. The number of hydrogen-bond acceptors (Lipinski definition) is 3. The molecule has 0 unspecified atom stereocenters. The molecule has 1 rings (SSSR count). The molecule has 0 atom stereocenters. The molecule has 3 nitrogen and oxygen atoms in total. The minimum absolute atomic E-state index is 0. The maximum Gasteiger partial charge on any atom is 0.132 e. The predicted octanol–water partition coefficient (Wildman–Crippen LogP) is 1.12. The monoisotopic (exact) mass is 177 g/mol. The minimum Gasteiger partial charge on any atom is -0.383 e. The molecule has 4 heteroatoms. The summed E-state index contributed by atoms with van der Waals surface area (Å²) < 4.78 is 0. The third kappa shape index (κ3) is 3.28. The summed E-state index contributed by atoms with van der Waals surface area (Å²) in [5.74, 6) is 0.353. The molecule has 0 amide bonds. The summed E-state index contributed by atoms with van der Waals surface area (Å²) >= 11 is 0. The first-order chi connectivity index (χ1) is 6.11. The van der Waals surface area contributed by atoms with Gasteiger partial charge in [0.15, 0.2) is 0 Å². The van der Waals surface area contributed by atoms with Crippen molar-refractivity contribution < 1.29 is 1.43 Å². The summed E-state index contributed by atoms with van der Waals surface area (Å²) in [5.41, 5.74) is 6.99. The van der Waals surface area contributed by atoms with E-state index in [0.29, 0.717) is 22.6 Å². The predicted molar refractivity (Wildman–Crippen MR) is 60.0 cm³/mol. The highest BCUT2D eigenvalue weighted by Crippen LogP contribution is 2.04. The van der Waals surface area contributed by atoms with Crippen molar-refractivity contribution >= 4 is 24.8 Å². The zero-order chi connectivity index (χ0) is 10.4. The average Bonchev–Trinajstić information content (AvgIpc) is 2.12. The van der Waals surface area contributed by atoms with Crippen LogP contribution in [0.3, 0.4) is 0 Å². The van der Waals surface area contributed by atoms with E-state index in [1.165, 1.54) is 6.20 Å². The van der Waals surface area contributed by atoms with Crippen molar-refractivity contribution in [3.05, 3.63) is 17.8 Å². The lowest BCUT2D eigenvalue weighted by atomic mass is 9.96. The molecule has 0 spiro atoms. The molecule has 0 saturated heterocycles. The Morgan fingerprint density at radius 1 is 1.62 bits per heavy atom. The third-order valence-electron chi connectivity index (χ3n) is 1.34. The topological polar surface area (TPSA) is 62.8 Å². The molecule has 0 aliphatic carbocycles. The molecule has 0 bridgehead atoms. The second-order valence-electron chi connectivity index (χ2n) is 2.33. The molecule has 2 radical (unpaired) electrons. The molecule has 3 N–H and O–H groups in total. The van der Waals surface area contributed by atoms with Crippen LogP contribution < -0.4 is 11.2 Å². The first kappa shape index (κ1) is 11.7. The fraction of sp³-hybridized carbons (Fsp3) is 0.333. The van der Waals surface area contributed by atoms with Gasteiger partial charge < -0.3 is 11.1 Å². The average molecular weight is 177 g/mol. The van der Waals surface area contributed by atoms with Crippen LogP contribution in [0.4, 0.5) is 5.82 Å². The number of aromatic nitrogens is 1. The number of nitrogen functional groups attached to an aromatic ring is 1. The Balaban J connectivity index is 0. The normalized spacial score (nSPS) is 8.54. The van der Waals surface area contributed by atoms with E-state index in [4.69, 9.17) is 19.0 Å². The third-order valence-corrected chi connectivity index (χ3v) is 1.34. The van der Waals surface area contributed by atoms with Crippen LogP contribution in [0.2, 0.25) is 0 Å². The lowest BCUT2D eigenvalue weighted by molar-refractivity contribution is 1.33. The summed E-state index contributed by atoms with van der Waals surface area (Å²) in [6.07, 6.45) is 1.47. The Hall–Kier alpha value is -1.32. The van der Waals surface area contributed by atoms with Crippen molar-refractivity contribution in [2.45, 2.75) is 20.8 Å². The largest absolute Gasteiger partial charge is 0.383 e. The summed E-state index contributed by atoms with van der Waals surface area (Å²) in [5, 5.41) is 7.30. The van der Waals surface area contributed by atoms with Gasteiger partial charge in [0.1, 0.15) is 13.7 Å². The first-order valence-electron chi connectivity index (χ1n) is 4.18. The number of nitrogens with zero attached hydrogens (tertiary/aromatic N) is 1. The van der Waals surface area contributed by atoms with Crippen LogP contribution in [0.25, 0.3) is 0 Å². The van der Waals surface area contributed by atoms with Crippen molar-refractivity contribution in [1.29, 1.82) is 5.41 Å². The SMILES string of the molecule is CC.[B]c1cnc(N)c(C(C)=N)c1.[HH]. The molecule has 0 aliphatic rings. The van der Waals surface area contributed by atoms with E-state index in [1.807, 2.05) is 13.8 Å². The van der Waals surface area contributed by atoms with E-state index in [0.717, 1.165) is 0 Å². The minimum atomic E-state index is 0. The number of anilines is 1. The Bertz CT molecular complexity index is 302. The maximum atomic E-state index is 7.30. The van der Waals surface area contributed by atoms with Gasteiger partial charge in [-0.3, -0.25) is 0 Å². The van der Waals surface area contributed by atoms with E-state index in [2.05, 4.69) is 4.98 Å². The highest BCUT2D eigenvalue weighted by Gasteiger charge is 2.01. The van der Waals surface area contributed by atoms with Gasteiger partial charge in [-0.25, -0.2) is 4.98 Å². The summed E-state index contributed by atoms with van der Waals surface area (Å²) in [7, 11) is 5.45. The Morgan fingerprint density at radius 3 is 2.54 bits per heavy atom. The maximum absolute atomic E-state index is 7.30. The summed E-state index contributed by atoms with van der Waals surface area (Å²) in [6, 6.07) is 1.64. The van der Waals surface area contributed by atoms with E-state index in [9.17, 15) is 0 Å². The lowest BCUT2D eigenvalue weighted by Crippen LogP contribution is -2.10. The van der Waals surface area contributed by atoms with Crippen molar-refractivity contribution in [3.8, 4) is 0 Å². The van der Waals surface area contributed by atoms with Crippen LogP contribution in [0.15, 0.2) is 12.3 Å². The number of hydrogen-bond donors (Lipinski definition) is 2. The number of rotatable bonds is 1. The highest BCUT2D eigenvalue weighted by atomic mass is 14.8. The fourth-order valence-corrected chi connectivity index (χ4v) is 0.792. The van der Waals surface area contributed by atoms with Gasteiger partial charge in [0, 0.05) is 18.9 Å². The molecular weight excluding hydrogens is 161 g/mol. The first-order valence-corrected chi connectivity index (χ1v) is 4.18. The van der Waals surface area contributed by atoms with Crippen LogP contribution in [-0.4, -0.2) is 18.5 Å². The van der Waals surface area contributed by atoms with Crippen LogP contribution in [0, 0.1) is 5.41 Å². The Morgan fingerprint density at radius 2 is 2.15 bits per heavy atom. The van der Waals surface area contributed by atoms with E-state index in [1.54, 1.807) is 13.0 Å². The van der Waals surface area contributed by atoms with Crippen LogP contribution in [-0.2, 0) is 0 Å². The number of nitrogens with one attached hydrogen (secondary N) is 1. The summed E-state index contributed by atoms with van der Waals surface area (Å²) in [6.45, 7) is 5.65. The molecule has 1 aromatic heterocycles. The fourth-order valence-electron chi connectivity index (χ4n) is 0.792. The molecule has 0 aromatic carbocycles. The number of pyridine rings is 1. The van der Waals surface area contributed by atoms with E-state index >= 15 is 0 Å². The van der Waals surface area contributed by atoms with Gasteiger partial charge in [0.05, 0.1) is 0 Å². The second-order valence-corrected chi connectivity index (χ2v) is 2.33. The standard InChI is InChI=1S/C7H8BN3.C2H6.H2/c1-4(9)6-2-5(8)3-11-7(6)10;1-2;/h2-3,9H,1H3,(H2,10,11);1-2H3;1H. The second kappa shape index (κ2) is 5.35. The zero-order valence-electron chi connectivity index (χ0n) is 8.26. The van der Waals surface area contributed by atoms with Gasteiger partial charge in [0.2, 0.25) is 0 Å². The highest BCUT2D eigenvalue weighted by molar-refractivity contribution is 6.32. The number of nitrogens with two attached hydrogens (primary N) is 1. The molecule has 0 saturated carbocycles. The van der Waals surface area contributed by atoms with Crippen molar-refractivity contribution in [2.75, 3.05) is 5.73 Å². The molecule has 0 aliphatic heterocycles. The molecular formula is C9H16BN3. The quantitative estimate of drug-likeness (QED) is 0.498. The zero-order valence-corrected chi connectivity index (χ0v) is 8.26.